The molecule has 1 aliphatic heterocycles. The minimum atomic E-state index is -0.706. The zero-order valence-electron chi connectivity index (χ0n) is 10.3. The third-order valence-corrected chi connectivity index (χ3v) is 2.19. The lowest BCUT2D eigenvalue weighted by Crippen LogP contribution is -2.52. The van der Waals surface area contributed by atoms with E-state index in [2.05, 4.69) is 23.7 Å². The SMILES string of the molecule is C=C(C)C1=NC(=C)N(NN(C)C(N)=O)C(C=O)=C1. The number of aliphatic imine (C=N–C) groups is 1. The summed E-state index contributed by atoms with van der Waals surface area (Å²) in [6, 6.07) is -0.706. The molecular formula is C11H15N5O2. The van der Waals surface area contributed by atoms with Crippen LogP contribution in [0.15, 0.2) is 41.3 Å². The Labute approximate surface area is 105 Å². The molecule has 2 amide bonds. The minimum absolute atomic E-state index is 0.251. The molecular weight excluding hydrogens is 234 g/mol. The molecule has 0 spiro atoms. The summed E-state index contributed by atoms with van der Waals surface area (Å²) < 4.78 is 0. The summed E-state index contributed by atoms with van der Waals surface area (Å²) in [5, 5.41) is 2.26. The maximum atomic E-state index is 11.0. The number of rotatable bonds is 4. The van der Waals surface area contributed by atoms with Crippen LogP contribution in [0.5, 0.6) is 0 Å². The van der Waals surface area contributed by atoms with Crippen molar-refractivity contribution in [2.24, 2.45) is 10.7 Å². The van der Waals surface area contributed by atoms with Crippen molar-refractivity contribution in [1.82, 2.24) is 15.6 Å². The first kappa shape index (κ1) is 13.7. The van der Waals surface area contributed by atoms with Crippen LogP contribution < -0.4 is 11.3 Å². The summed E-state index contributed by atoms with van der Waals surface area (Å²) in [5.41, 5.74) is 9.17. The van der Waals surface area contributed by atoms with Crippen molar-refractivity contribution < 1.29 is 9.59 Å². The van der Waals surface area contributed by atoms with Gasteiger partial charge in [0, 0.05) is 7.05 Å². The Morgan fingerprint density at radius 1 is 1.67 bits per heavy atom. The molecule has 0 aromatic heterocycles. The number of nitrogens with two attached hydrogens (primary N) is 1. The van der Waals surface area contributed by atoms with E-state index < -0.39 is 6.03 Å². The molecule has 1 rings (SSSR count). The van der Waals surface area contributed by atoms with Crippen LogP contribution in [0.4, 0.5) is 4.79 Å². The second kappa shape index (κ2) is 5.28. The van der Waals surface area contributed by atoms with Gasteiger partial charge in [-0.05, 0) is 18.6 Å². The van der Waals surface area contributed by atoms with Gasteiger partial charge in [-0.15, -0.1) is 5.53 Å². The van der Waals surface area contributed by atoms with Gasteiger partial charge in [0.15, 0.2) is 6.29 Å². The van der Waals surface area contributed by atoms with Gasteiger partial charge in [-0.3, -0.25) is 4.79 Å². The van der Waals surface area contributed by atoms with E-state index in [4.69, 9.17) is 5.73 Å². The fourth-order valence-corrected chi connectivity index (χ4v) is 1.20. The number of carbonyl (C=O) groups excluding carboxylic acids is 2. The van der Waals surface area contributed by atoms with Crippen LogP contribution in [0.25, 0.3) is 0 Å². The van der Waals surface area contributed by atoms with Crippen LogP contribution in [0.3, 0.4) is 0 Å². The van der Waals surface area contributed by atoms with Crippen LogP contribution in [0.1, 0.15) is 6.92 Å². The zero-order valence-corrected chi connectivity index (χ0v) is 10.3. The monoisotopic (exact) mass is 249 g/mol. The summed E-state index contributed by atoms with van der Waals surface area (Å²) in [4.78, 5) is 26.1. The van der Waals surface area contributed by atoms with E-state index in [1.54, 1.807) is 6.92 Å². The van der Waals surface area contributed by atoms with Gasteiger partial charge >= 0.3 is 6.03 Å². The predicted molar refractivity (Wildman–Crippen MR) is 67.9 cm³/mol. The van der Waals surface area contributed by atoms with Crippen molar-refractivity contribution in [3.8, 4) is 0 Å². The van der Waals surface area contributed by atoms with Crippen LogP contribution in [0.2, 0.25) is 0 Å². The quantitative estimate of drug-likeness (QED) is 0.554. The van der Waals surface area contributed by atoms with Gasteiger partial charge in [0.2, 0.25) is 0 Å². The van der Waals surface area contributed by atoms with Gasteiger partial charge in [-0.25, -0.2) is 19.8 Å². The van der Waals surface area contributed by atoms with Crippen molar-refractivity contribution in [3.63, 3.8) is 0 Å². The van der Waals surface area contributed by atoms with Crippen LogP contribution >= 0.6 is 0 Å². The second-order valence-corrected chi connectivity index (χ2v) is 3.71. The van der Waals surface area contributed by atoms with E-state index in [1.807, 2.05) is 0 Å². The molecule has 3 N–H and O–H groups in total. The second-order valence-electron chi connectivity index (χ2n) is 3.71. The van der Waals surface area contributed by atoms with Crippen LogP contribution in [-0.4, -0.2) is 35.1 Å². The number of nitrogens with zero attached hydrogens (tertiary/aromatic N) is 3. The largest absolute Gasteiger partial charge is 0.350 e. The molecule has 7 heteroatoms. The molecule has 0 saturated carbocycles. The van der Waals surface area contributed by atoms with Crippen LogP contribution in [0, 0.1) is 0 Å². The van der Waals surface area contributed by atoms with Gasteiger partial charge in [0.05, 0.1) is 5.71 Å². The number of hydrazine groups is 2. The van der Waals surface area contributed by atoms with E-state index >= 15 is 0 Å². The molecule has 0 radical (unpaired) electrons. The third kappa shape index (κ3) is 2.83. The molecule has 0 aromatic rings. The van der Waals surface area contributed by atoms with Crippen molar-refractivity contribution in [2.45, 2.75) is 6.92 Å². The number of hydrogen-bond donors (Lipinski definition) is 2. The molecule has 0 bridgehead atoms. The van der Waals surface area contributed by atoms with Gasteiger partial charge in [-0.1, -0.05) is 13.2 Å². The fourth-order valence-electron chi connectivity index (χ4n) is 1.20. The molecule has 0 aliphatic carbocycles. The number of aldehydes is 1. The van der Waals surface area contributed by atoms with Crippen molar-refractivity contribution in [1.29, 1.82) is 0 Å². The maximum Gasteiger partial charge on any atom is 0.330 e. The Balaban J connectivity index is 2.99. The van der Waals surface area contributed by atoms with Crippen molar-refractivity contribution >= 4 is 18.0 Å². The number of hydrogen-bond acceptors (Lipinski definition) is 5. The van der Waals surface area contributed by atoms with E-state index in [0.29, 0.717) is 17.6 Å². The highest BCUT2D eigenvalue weighted by Crippen LogP contribution is 2.17. The molecule has 0 unspecified atom stereocenters. The first-order valence-corrected chi connectivity index (χ1v) is 5.06. The van der Waals surface area contributed by atoms with E-state index in [1.165, 1.54) is 18.1 Å². The number of allylic oxidation sites excluding steroid dienone is 3. The maximum absolute atomic E-state index is 11.0. The van der Waals surface area contributed by atoms with Gasteiger partial charge in [0.1, 0.15) is 11.5 Å². The average Bonchev–Trinajstić information content (AvgIpc) is 2.30. The van der Waals surface area contributed by atoms with Crippen molar-refractivity contribution in [2.75, 3.05) is 7.05 Å². The number of urea groups is 1. The highest BCUT2D eigenvalue weighted by Gasteiger charge is 2.20. The first-order valence-electron chi connectivity index (χ1n) is 5.06. The molecule has 1 aliphatic rings. The van der Waals surface area contributed by atoms with Gasteiger partial charge < -0.3 is 5.73 Å². The molecule has 0 aromatic carbocycles. The smallest absolute Gasteiger partial charge is 0.330 e. The van der Waals surface area contributed by atoms with E-state index in [0.717, 1.165) is 5.01 Å². The molecule has 96 valence electrons. The molecule has 0 fully saturated rings. The molecule has 18 heavy (non-hydrogen) atoms. The summed E-state index contributed by atoms with van der Waals surface area (Å²) in [5.74, 6) is 0.255. The number of carbonyl (C=O) groups is 2. The Morgan fingerprint density at radius 3 is 2.72 bits per heavy atom. The lowest BCUT2D eigenvalue weighted by molar-refractivity contribution is -0.106. The molecule has 7 nitrogen and oxygen atoms in total. The molecule has 1 heterocycles. The normalized spacial score (nSPS) is 14.8. The highest BCUT2D eigenvalue weighted by molar-refractivity contribution is 6.11. The van der Waals surface area contributed by atoms with Crippen LogP contribution in [-0.2, 0) is 4.79 Å². The predicted octanol–water partition coefficient (Wildman–Crippen LogP) is 0.303. The lowest BCUT2D eigenvalue weighted by atomic mass is 10.1. The lowest BCUT2D eigenvalue weighted by Gasteiger charge is -2.31. The summed E-state index contributed by atoms with van der Waals surface area (Å²) in [7, 11) is 1.41. The highest BCUT2D eigenvalue weighted by atomic mass is 16.2. The van der Waals surface area contributed by atoms with E-state index in [-0.39, 0.29) is 11.5 Å². The topological polar surface area (TPSA) is 91.0 Å². The van der Waals surface area contributed by atoms with Crippen molar-refractivity contribution in [3.05, 3.63) is 36.3 Å². The van der Waals surface area contributed by atoms with Gasteiger partial charge in [0.25, 0.3) is 0 Å². The average molecular weight is 249 g/mol. The summed E-state index contributed by atoms with van der Waals surface area (Å²) >= 11 is 0. The third-order valence-electron chi connectivity index (χ3n) is 2.19. The van der Waals surface area contributed by atoms with E-state index in [9.17, 15) is 9.59 Å². The Bertz CT molecular complexity index is 478. The minimum Gasteiger partial charge on any atom is -0.350 e. The fraction of sp³-hybridized carbons (Fsp3) is 0.182. The summed E-state index contributed by atoms with van der Waals surface area (Å²) in [6.07, 6.45) is 2.15. The molecule has 0 atom stereocenters. The standard InChI is InChI=1S/C11H15N5O2/c1-7(2)10-5-9(6-17)16(8(3)13-10)14-15(4)11(12)18/h5-6,14H,1,3H2,2,4H3,(H2,12,18). The molecule has 0 saturated heterocycles. The number of nitrogens with one attached hydrogen (secondary N) is 1. The Morgan fingerprint density at radius 2 is 2.28 bits per heavy atom. The van der Waals surface area contributed by atoms with Gasteiger partial charge in [-0.2, -0.15) is 0 Å². The Hall–Kier alpha value is -2.41. The number of primary amides is 1. The Kier molecular flexibility index (Phi) is 4.01. The number of amides is 2. The zero-order chi connectivity index (χ0) is 13.9. The first-order chi connectivity index (χ1) is 8.36. The summed E-state index contributed by atoms with van der Waals surface area (Å²) in [6.45, 7) is 9.20.